The summed E-state index contributed by atoms with van der Waals surface area (Å²) in [5.41, 5.74) is 2.60. The lowest BCUT2D eigenvalue weighted by Crippen LogP contribution is -2.34. The third-order valence-electron chi connectivity index (χ3n) is 5.33. The maximum absolute atomic E-state index is 9.87. The lowest BCUT2D eigenvalue weighted by atomic mass is 10.1. The van der Waals surface area contributed by atoms with Crippen molar-refractivity contribution in [3.05, 3.63) is 35.4 Å². The Bertz CT molecular complexity index is 1060. The minimum atomic E-state index is -0.630. The highest BCUT2D eigenvalue weighted by atomic mass is 35.5. The van der Waals surface area contributed by atoms with Crippen molar-refractivity contribution in [2.45, 2.75) is 24.4 Å². The first-order valence-electron chi connectivity index (χ1n) is 9.99. The molecule has 2 aromatic heterocycles. The van der Waals surface area contributed by atoms with Crippen LogP contribution in [-0.2, 0) is 14.2 Å². The smallest absolute Gasteiger partial charge is 0.296 e. The topological polar surface area (TPSA) is 108 Å². The molecular formula is C21H22ClN3O6. The molecule has 0 bridgehead atoms. The minimum absolute atomic E-state index is 0.242. The summed E-state index contributed by atoms with van der Waals surface area (Å²) >= 11 is 6.48. The number of benzene rings is 1. The molecule has 2 aliphatic rings. The van der Waals surface area contributed by atoms with E-state index in [1.54, 1.807) is 13.2 Å². The molecule has 0 radical (unpaired) electrons. The molecule has 2 aliphatic heterocycles. The minimum Gasteiger partial charge on any atom is -0.491 e. The third-order valence-corrected chi connectivity index (χ3v) is 5.62. The van der Waals surface area contributed by atoms with Gasteiger partial charge in [-0.1, -0.05) is 11.6 Å². The lowest BCUT2D eigenvalue weighted by Gasteiger charge is -2.15. The van der Waals surface area contributed by atoms with E-state index < -0.39 is 6.10 Å². The molecule has 2 fully saturated rings. The van der Waals surface area contributed by atoms with Crippen molar-refractivity contribution in [2.75, 3.05) is 33.5 Å². The molecule has 4 atom stereocenters. The Kier molecular flexibility index (Phi) is 5.68. The van der Waals surface area contributed by atoms with Crippen molar-refractivity contribution in [1.29, 1.82) is 0 Å². The first-order valence-corrected chi connectivity index (χ1v) is 10.4. The molecule has 0 saturated carbocycles. The number of pyridine rings is 1. The zero-order valence-electron chi connectivity index (χ0n) is 16.8. The number of nitrogens with one attached hydrogen (secondary N) is 1. The number of fused-ring (bicyclic) bond motifs is 2. The van der Waals surface area contributed by atoms with Gasteiger partial charge in [-0.3, -0.25) is 0 Å². The molecule has 2 saturated heterocycles. The summed E-state index contributed by atoms with van der Waals surface area (Å²) in [7, 11) is 1.63. The van der Waals surface area contributed by atoms with Gasteiger partial charge in [0, 0.05) is 12.7 Å². The van der Waals surface area contributed by atoms with Gasteiger partial charge in [-0.15, -0.1) is 0 Å². The first kappa shape index (κ1) is 20.5. The summed E-state index contributed by atoms with van der Waals surface area (Å²) in [4.78, 5) is 12.1. The highest BCUT2D eigenvalue weighted by molar-refractivity contribution is 6.33. The van der Waals surface area contributed by atoms with Gasteiger partial charge in [0.25, 0.3) is 6.01 Å². The summed E-state index contributed by atoms with van der Waals surface area (Å²) in [6, 6.07) is 9.58. The van der Waals surface area contributed by atoms with Crippen molar-refractivity contribution in [3.8, 4) is 23.0 Å². The number of aliphatic hydroxyl groups excluding tert-OH is 1. The van der Waals surface area contributed by atoms with Gasteiger partial charge in [0.05, 0.1) is 36.1 Å². The van der Waals surface area contributed by atoms with Crippen LogP contribution in [0.1, 0.15) is 0 Å². The maximum atomic E-state index is 9.87. The Morgan fingerprint density at radius 1 is 1.13 bits per heavy atom. The largest absolute Gasteiger partial charge is 0.491 e. The zero-order valence-corrected chi connectivity index (χ0v) is 17.5. The molecule has 0 aliphatic carbocycles. The van der Waals surface area contributed by atoms with Gasteiger partial charge in [-0.05, 0) is 30.3 Å². The van der Waals surface area contributed by atoms with Crippen molar-refractivity contribution < 1.29 is 28.8 Å². The summed E-state index contributed by atoms with van der Waals surface area (Å²) in [5, 5.41) is 10.4. The Labute approximate surface area is 183 Å². The van der Waals surface area contributed by atoms with Gasteiger partial charge in [0.2, 0.25) is 0 Å². The molecular weight excluding hydrogens is 426 g/mol. The Balaban J connectivity index is 1.34. The summed E-state index contributed by atoms with van der Waals surface area (Å²) in [6.45, 7) is 1.57. The van der Waals surface area contributed by atoms with Crippen LogP contribution < -0.4 is 9.47 Å². The average Bonchev–Trinajstić information content (AvgIpc) is 3.45. The molecule has 0 unspecified atom stereocenters. The van der Waals surface area contributed by atoms with E-state index in [9.17, 15) is 5.11 Å². The van der Waals surface area contributed by atoms with Crippen molar-refractivity contribution in [2.24, 2.45) is 0 Å². The lowest BCUT2D eigenvalue weighted by molar-refractivity contribution is 0.00706. The standard InChI is InChI=1S/C21H22ClN3O6/c1-27-6-7-28-12-4-2-11(3-5-12)17-13(22)8-14-20(24-17)25-21(23-14)31-16-10-30-18-15(26)9-29-19(16)18/h2-5,8,15-16,18-19,26H,6-7,9-10H2,1H3,(H,23,24,25)/t15-,16-,18-,19-/m1/s1. The molecule has 5 rings (SSSR count). The second kappa shape index (κ2) is 8.60. The molecule has 3 aromatic rings. The van der Waals surface area contributed by atoms with Gasteiger partial charge >= 0.3 is 0 Å². The number of halogens is 1. The van der Waals surface area contributed by atoms with E-state index in [0.717, 1.165) is 11.3 Å². The number of hydrogen-bond donors (Lipinski definition) is 2. The monoisotopic (exact) mass is 447 g/mol. The fourth-order valence-corrected chi connectivity index (χ4v) is 4.05. The summed E-state index contributed by atoms with van der Waals surface area (Å²) < 4.78 is 27.7. The van der Waals surface area contributed by atoms with E-state index in [1.165, 1.54) is 0 Å². The van der Waals surface area contributed by atoms with Gasteiger partial charge in [0.1, 0.15) is 30.7 Å². The fraction of sp³-hybridized carbons (Fsp3) is 0.429. The Morgan fingerprint density at radius 2 is 1.94 bits per heavy atom. The van der Waals surface area contributed by atoms with E-state index in [0.29, 0.717) is 47.7 Å². The second-order valence-corrected chi connectivity index (χ2v) is 7.82. The van der Waals surface area contributed by atoms with E-state index >= 15 is 0 Å². The molecule has 10 heteroatoms. The van der Waals surface area contributed by atoms with Crippen molar-refractivity contribution in [3.63, 3.8) is 0 Å². The van der Waals surface area contributed by atoms with Crippen LogP contribution in [-0.4, -0.2) is 78.0 Å². The van der Waals surface area contributed by atoms with Gasteiger partial charge in [-0.25, -0.2) is 4.98 Å². The number of nitrogens with zero attached hydrogens (tertiary/aromatic N) is 2. The van der Waals surface area contributed by atoms with Crippen LogP contribution in [0.25, 0.3) is 22.4 Å². The normalized spacial score (nSPS) is 25.1. The van der Waals surface area contributed by atoms with Gasteiger partial charge in [-0.2, -0.15) is 4.98 Å². The molecule has 31 heavy (non-hydrogen) atoms. The molecule has 0 spiro atoms. The van der Waals surface area contributed by atoms with Crippen LogP contribution in [0.2, 0.25) is 5.02 Å². The number of ether oxygens (including phenoxy) is 5. The number of aliphatic hydroxyl groups is 1. The highest BCUT2D eigenvalue weighted by Crippen LogP contribution is 2.32. The Hall–Kier alpha value is -2.43. The molecule has 0 amide bonds. The number of imidazole rings is 1. The zero-order chi connectivity index (χ0) is 21.4. The van der Waals surface area contributed by atoms with Crippen molar-refractivity contribution >= 4 is 22.8 Å². The predicted molar refractivity (Wildman–Crippen MR) is 112 cm³/mol. The van der Waals surface area contributed by atoms with Gasteiger partial charge < -0.3 is 33.8 Å². The number of aromatic nitrogens is 3. The average molecular weight is 448 g/mol. The number of H-pyrrole nitrogens is 1. The summed E-state index contributed by atoms with van der Waals surface area (Å²) in [6.07, 6.45) is -1.67. The van der Waals surface area contributed by atoms with Crippen LogP contribution in [0.5, 0.6) is 11.8 Å². The van der Waals surface area contributed by atoms with Crippen LogP contribution >= 0.6 is 11.6 Å². The molecule has 4 heterocycles. The highest BCUT2D eigenvalue weighted by Gasteiger charge is 2.48. The number of rotatable bonds is 7. The van der Waals surface area contributed by atoms with Crippen LogP contribution in [0.15, 0.2) is 30.3 Å². The maximum Gasteiger partial charge on any atom is 0.296 e. The number of methoxy groups -OCH3 is 1. The van der Waals surface area contributed by atoms with Crippen LogP contribution in [0, 0.1) is 0 Å². The van der Waals surface area contributed by atoms with Crippen LogP contribution in [0.4, 0.5) is 0 Å². The van der Waals surface area contributed by atoms with E-state index in [2.05, 4.69) is 15.0 Å². The fourth-order valence-electron chi connectivity index (χ4n) is 3.79. The SMILES string of the molecule is COCCOc1ccc(-c2nc3nc(O[C@@H]4CO[C@H]5[C@@H]4OC[C@H]5O)[nH]c3cc2Cl)cc1. The quantitative estimate of drug-likeness (QED) is 0.531. The van der Waals surface area contributed by atoms with Crippen molar-refractivity contribution in [1.82, 2.24) is 15.0 Å². The number of hydrogen-bond acceptors (Lipinski definition) is 8. The van der Waals surface area contributed by atoms with Gasteiger partial charge in [0.15, 0.2) is 11.8 Å². The van der Waals surface area contributed by atoms with E-state index in [-0.39, 0.29) is 24.9 Å². The molecule has 2 N–H and O–H groups in total. The number of aromatic amines is 1. The molecule has 164 valence electrons. The third kappa shape index (κ3) is 4.07. The second-order valence-electron chi connectivity index (χ2n) is 7.42. The first-order chi connectivity index (χ1) is 15.1. The summed E-state index contributed by atoms with van der Waals surface area (Å²) in [5.74, 6) is 0.741. The van der Waals surface area contributed by atoms with E-state index in [1.807, 2.05) is 24.3 Å². The Morgan fingerprint density at radius 3 is 2.74 bits per heavy atom. The molecule has 9 nitrogen and oxygen atoms in total. The van der Waals surface area contributed by atoms with Crippen LogP contribution in [0.3, 0.4) is 0 Å². The van der Waals surface area contributed by atoms with E-state index in [4.69, 9.17) is 35.3 Å². The molecule has 1 aromatic carbocycles. The predicted octanol–water partition coefficient (Wildman–Crippen LogP) is 2.21.